The average molecular weight is 199 g/mol. The molecule has 0 aromatic heterocycles. The van der Waals surface area contributed by atoms with E-state index in [1.807, 2.05) is 20.8 Å². The summed E-state index contributed by atoms with van der Waals surface area (Å²) in [4.78, 5) is 4.51. The van der Waals surface area contributed by atoms with E-state index in [0.29, 0.717) is 0 Å². The molecule has 1 rings (SSSR count). The van der Waals surface area contributed by atoms with Gasteiger partial charge in [-0.05, 0) is 40.0 Å². The van der Waals surface area contributed by atoms with Crippen LogP contribution in [0.15, 0.2) is 4.99 Å². The number of rotatable bonds is 1. The lowest BCUT2D eigenvalue weighted by Crippen LogP contribution is -2.43. The number of hydrogen-bond donors (Lipinski definition) is 2. The van der Waals surface area contributed by atoms with Crippen molar-refractivity contribution in [1.82, 2.24) is 5.43 Å². The molecular weight excluding hydrogens is 178 g/mol. The van der Waals surface area contributed by atoms with Crippen LogP contribution in [-0.2, 0) is 4.74 Å². The van der Waals surface area contributed by atoms with Crippen LogP contribution in [-0.4, -0.2) is 24.1 Å². The smallest absolute Gasteiger partial charge is 0.140 e. The number of nitrogens with one attached hydrogen (secondary N) is 1. The minimum Gasteiger partial charge on any atom is -0.370 e. The Morgan fingerprint density at radius 3 is 2.57 bits per heavy atom. The van der Waals surface area contributed by atoms with Crippen LogP contribution in [0.3, 0.4) is 0 Å². The fourth-order valence-corrected chi connectivity index (χ4v) is 1.51. The first-order valence-corrected chi connectivity index (χ1v) is 5.21. The Morgan fingerprint density at radius 2 is 2.14 bits per heavy atom. The lowest BCUT2D eigenvalue weighted by Gasteiger charge is -2.26. The topological polar surface area (TPSA) is 59.6 Å². The first-order chi connectivity index (χ1) is 6.53. The summed E-state index contributed by atoms with van der Waals surface area (Å²) in [6.07, 6.45) is 3.41. The summed E-state index contributed by atoms with van der Waals surface area (Å²) >= 11 is 0. The second-order valence-corrected chi connectivity index (χ2v) is 4.67. The van der Waals surface area contributed by atoms with Crippen LogP contribution >= 0.6 is 0 Å². The maximum Gasteiger partial charge on any atom is 0.140 e. The summed E-state index contributed by atoms with van der Waals surface area (Å²) in [6.45, 7) is 6.96. The second-order valence-electron chi connectivity index (χ2n) is 4.67. The van der Waals surface area contributed by atoms with E-state index in [-0.39, 0.29) is 11.6 Å². The molecular formula is C10H21N3O. The Hall–Kier alpha value is -0.610. The third-order valence-electron chi connectivity index (χ3n) is 2.09. The lowest BCUT2D eigenvalue weighted by atomic mass is 10.1. The van der Waals surface area contributed by atoms with Crippen LogP contribution in [0.1, 0.15) is 40.0 Å². The Kier molecular flexibility index (Phi) is 3.89. The van der Waals surface area contributed by atoms with Gasteiger partial charge in [0.25, 0.3) is 0 Å². The van der Waals surface area contributed by atoms with Gasteiger partial charge in [-0.25, -0.2) is 5.84 Å². The van der Waals surface area contributed by atoms with Crippen molar-refractivity contribution >= 4 is 5.84 Å². The van der Waals surface area contributed by atoms with Crippen LogP contribution in [0.25, 0.3) is 0 Å². The molecule has 1 saturated heterocycles. The van der Waals surface area contributed by atoms with Crippen LogP contribution in [0.2, 0.25) is 0 Å². The van der Waals surface area contributed by atoms with E-state index in [4.69, 9.17) is 10.6 Å². The zero-order chi connectivity index (χ0) is 10.6. The van der Waals surface area contributed by atoms with E-state index in [2.05, 4.69) is 10.4 Å². The second kappa shape index (κ2) is 4.75. The highest BCUT2D eigenvalue weighted by Gasteiger charge is 2.21. The van der Waals surface area contributed by atoms with Gasteiger partial charge in [-0.3, -0.25) is 4.99 Å². The number of aliphatic imine (C=N–C) groups is 1. The standard InChI is InChI=1S/C10H21N3O/c1-10(2,3)12-9(13-11)8-6-4-5-7-14-8/h8H,4-7,11H2,1-3H3,(H,12,13). The van der Waals surface area contributed by atoms with Gasteiger partial charge in [0.1, 0.15) is 11.9 Å². The highest BCUT2D eigenvalue weighted by Crippen LogP contribution is 2.15. The zero-order valence-electron chi connectivity index (χ0n) is 9.34. The zero-order valence-corrected chi connectivity index (χ0v) is 9.34. The van der Waals surface area contributed by atoms with Gasteiger partial charge in [-0.2, -0.15) is 0 Å². The minimum atomic E-state index is -0.109. The highest BCUT2D eigenvalue weighted by molar-refractivity contribution is 5.86. The van der Waals surface area contributed by atoms with Crippen molar-refractivity contribution in [3.8, 4) is 0 Å². The molecule has 1 fully saturated rings. The molecule has 0 amide bonds. The van der Waals surface area contributed by atoms with Crippen LogP contribution in [0.4, 0.5) is 0 Å². The number of nitrogens with two attached hydrogens (primary N) is 1. The van der Waals surface area contributed by atoms with Gasteiger partial charge in [0, 0.05) is 6.61 Å². The van der Waals surface area contributed by atoms with Crippen LogP contribution in [0.5, 0.6) is 0 Å². The highest BCUT2D eigenvalue weighted by atomic mass is 16.5. The molecule has 0 radical (unpaired) electrons. The largest absolute Gasteiger partial charge is 0.370 e. The maximum atomic E-state index is 5.60. The van der Waals surface area contributed by atoms with E-state index in [1.54, 1.807) is 0 Å². The van der Waals surface area contributed by atoms with Crippen LogP contribution < -0.4 is 11.3 Å². The molecule has 0 bridgehead atoms. The van der Waals surface area contributed by atoms with Gasteiger partial charge in [0.2, 0.25) is 0 Å². The molecule has 1 unspecified atom stereocenters. The van der Waals surface area contributed by atoms with Gasteiger partial charge >= 0.3 is 0 Å². The third-order valence-corrected chi connectivity index (χ3v) is 2.09. The van der Waals surface area contributed by atoms with E-state index >= 15 is 0 Å². The van der Waals surface area contributed by atoms with E-state index in [1.165, 1.54) is 6.42 Å². The van der Waals surface area contributed by atoms with E-state index in [0.717, 1.165) is 25.3 Å². The number of hydrogen-bond acceptors (Lipinski definition) is 3. The molecule has 14 heavy (non-hydrogen) atoms. The Morgan fingerprint density at radius 1 is 1.43 bits per heavy atom. The molecule has 1 aliphatic rings. The van der Waals surface area contributed by atoms with Crippen molar-refractivity contribution < 1.29 is 4.74 Å². The SMILES string of the molecule is CC(C)(C)N=C(NN)C1CCCCO1. The van der Waals surface area contributed by atoms with Gasteiger partial charge < -0.3 is 10.2 Å². The maximum absolute atomic E-state index is 5.60. The van der Waals surface area contributed by atoms with Crippen molar-refractivity contribution in [2.75, 3.05) is 6.61 Å². The molecule has 4 heteroatoms. The monoisotopic (exact) mass is 199 g/mol. The third kappa shape index (κ3) is 3.64. The molecule has 0 spiro atoms. The van der Waals surface area contributed by atoms with E-state index in [9.17, 15) is 0 Å². The molecule has 82 valence electrons. The average Bonchev–Trinajstić information content (AvgIpc) is 2.14. The number of ether oxygens (including phenoxy) is 1. The number of hydrazine groups is 1. The Bertz CT molecular complexity index is 202. The van der Waals surface area contributed by atoms with Crippen molar-refractivity contribution in [3.63, 3.8) is 0 Å². The minimum absolute atomic E-state index is 0.0629. The summed E-state index contributed by atoms with van der Waals surface area (Å²) in [7, 11) is 0. The predicted molar refractivity (Wildman–Crippen MR) is 58.1 cm³/mol. The van der Waals surface area contributed by atoms with Gasteiger partial charge in [-0.15, -0.1) is 0 Å². The van der Waals surface area contributed by atoms with Crippen molar-refractivity contribution in [2.24, 2.45) is 10.8 Å². The molecule has 3 N–H and O–H groups in total. The van der Waals surface area contributed by atoms with Crippen molar-refractivity contribution in [3.05, 3.63) is 0 Å². The Balaban J connectivity index is 2.64. The molecule has 0 aromatic carbocycles. The Labute approximate surface area is 85.9 Å². The molecule has 4 nitrogen and oxygen atoms in total. The molecule has 1 heterocycles. The summed E-state index contributed by atoms with van der Waals surface area (Å²) in [6, 6.07) is 0. The normalized spacial score (nSPS) is 24.9. The van der Waals surface area contributed by atoms with E-state index < -0.39 is 0 Å². The molecule has 0 aliphatic carbocycles. The molecule has 0 saturated carbocycles. The quantitative estimate of drug-likeness (QED) is 0.289. The first-order valence-electron chi connectivity index (χ1n) is 5.21. The fraction of sp³-hybridized carbons (Fsp3) is 0.900. The summed E-state index contributed by atoms with van der Waals surface area (Å²) in [5.41, 5.74) is 2.54. The summed E-state index contributed by atoms with van der Waals surface area (Å²) in [5.74, 6) is 6.23. The number of nitrogens with zero attached hydrogens (tertiary/aromatic N) is 1. The van der Waals surface area contributed by atoms with Gasteiger partial charge in [0.05, 0.1) is 5.54 Å². The van der Waals surface area contributed by atoms with Crippen LogP contribution in [0, 0.1) is 0 Å². The first kappa shape index (κ1) is 11.5. The summed E-state index contributed by atoms with van der Waals surface area (Å²) in [5, 5.41) is 0. The fourth-order valence-electron chi connectivity index (χ4n) is 1.51. The lowest BCUT2D eigenvalue weighted by molar-refractivity contribution is 0.0560. The van der Waals surface area contributed by atoms with Crippen molar-refractivity contribution in [1.29, 1.82) is 0 Å². The predicted octanol–water partition coefficient (Wildman–Crippen LogP) is 1.22. The number of amidine groups is 1. The van der Waals surface area contributed by atoms with Gasteiger partial charge in [0.15, 0.2) is 0 Å². The molecule has 1 atom stereocenters. The van der Waals surface area contributed by atoms with Gasteiger partial charge in [-0.1, -0.05) is 0 Å². The molecule has 0 aromatic rings. The summed E-state index contributed by atoms with van der Waals surface area (Å²) < 4.78 is 5.60. The molecule has 1 aliphatic heterocycles. The van der Waals surface area contributed by atoms with Crippen molar-refractivity contribution in [2.45, 2.75) is 51.7 Å².